The largest absolute Gasteiger partial charge is 0.0703 e. The highest BCUT2D eigenvalue weighted by Gasteiger charge is 2.23. The minimum absolute atomic E-state index is 0.552. The summed E-state index contributed by atoms with van der Waals surface area (Å²) in [7, 11) is 0. The molecule has 0 N–H and O–H groups in total. The van der Waals surface area contributed by atoms with Gasteiger partial charge >= 0.3 is 0 Å². The van der Waals surface area contributed by atoms with E-state index in [1.165, 1.54) is 27.9 Å². The van der Waals surface area contributed by atoms with Crippen molar-refractivity contribution in [2.24, 2.45) is 5.92 Å². The second kappa shape index (κ2) is 2.60. The maximum Gasteiger partial charge on any atom is 0.0213 e. The van der Waals surface area contributed by atoms with Gasteiger partial charge in [0.15, 0.2) is 0 Å². The predicted octanol–water partition coefficient (Wildman–Crippen LogP) is 3.71. The highest BCUT2D eigenvalue weighted by Crippen LogP contribution is 2.39. The zero-order chi connectivity index (χ0) is 9.71. The second-order valence-electron chi connectivity index (χ2n) is 4.54. The van der Waals surface area contributed by atoms with Crippen LogP contribution in [0, 0.1) is 5.92 Å². The lowest BCUT2D eigenvalue weighted by atomic mass is 9.90. The Morgan fingerprint density at radius 1 is 1.07 bits per heavy atom. The van der Waals surface area contributed by atoms with Crippen LogP contribution in [0.5, 0.6) is 0 Å². The molecule has 0 radical (unpaired) electrons. The van der Waals surface area contributed by atoms with Gasteiger partial charge < -0.3 is 0 Å². The fourth-order valence-electron chi connectivity index (χ4n) is 2.56. The zero-order valence-electron chi connectivity index (χ0n) is 8.67. The maximum absolute atomic E-state index is 2.40. The van der Waals surface area contributed by atoms with Crippen molar-refractivity contribution < 1.29 is 0 Å². The van der Waals surface area contributed by atoms with Crippen molar-refractivity contribution >= 4 is 0 Å². The minimum atomic E-state index is 0.552. The topological polar surface area (TPSA) is 0 Å². The Bertz CT molecular complexity index is 450. The standard InChI is InChI=1S/C14H14/c1-9-3-11-7-13-5-10(2)6-14(13)8-12(11)4-9/h3-5,7-8,11H,6H2,1-2H3. The number of rotatable bonds is 0. The van der Waals surface area contributed by atoms with Crippen LogP contribution in [0.4, 0.5) is 0 Å². The molecular weight excluding hydrogens is 168 g/mol. The van der Waals surface area contributed by atoms with Crippen LogP contribution in [0.15, 0.2) is 58.2 Å². The van der Waals surface area contributed by atoms with Crippen LogP contribution in [-0.4, -0.2) is 0 Å². The highest BCUT2D eigenvalue weighted by atomic mass is 14.3. The van der Waals surface area contributed by atoms with Crippen LogP contribution in [0.25, 0.3) is 0 Å². The molecule has 0 fully saturated rings. The second-order valence-corrected chi connectivity index (χ2v) is 4.54. The monoisotopic (exact) mass is 182 g/mol. The fraction of sp³-hybridized carbons (Fsp3) is 0.286. The van der Waals surface area contributed by atoms with Crippen molar-refractivity contribution in [3.05, 3.63) is 58.2 Å². The lowest BCUT2D eigenvalue weighted by Gasteiger charge is -2.14. The van der Waals surface area contributed by atoms with Crippen molar-refractivity contribution in [3.63, 3.8) is 0 Å². The molecule has 14 heavy (non-hydrogen) atoms. The van der Waals surface area contributed by atoms with Crippen molar-refractivity contribution in [1.82, 2.24) is 0 Å². The van der Waals surface area contributed by atoms with E-state index in [1.54, 1.807) is 0 Å². The lowest BCUT2D eigenvalue weighted by molar-refractivity contribution is 0.986. The molecule has 0 amide bonds. The summed E-state index contributed by atoms with van der Waals surface area (Å²) in [6, 6.07) is 0. The first kappa shape index (κ1) is 8.05. The average Bonchev–Trinajstić information content (AvgIpc) is 2.59. The molecule has 0 aromatic rings. The molecule has 0 saturated heterocycles. The van der Waals surface area contributed by atoms with Gasteiger partial charge in [0.1, 0.15) is 0 Å². The Balaban J connectivity index is 2.08. The average molecular weight is 182 g/mol. The molecule has 70 valence electrons. The summed E-state index contributed by atoms with van der Waals surface area (Å²) in [5.41, 5.74) is 7.33. The van der Waals surface area contributed by atoms with E-state index >= 15 is 0 Å². The summed E-state index contributed by atoms with van der Waals surface area (Å²) in [5, 5.41) is 0. The van der Waals surface area contributed by atoms with E-state index in [4.69, 9.17) is 0 Å². The van der Waals surface area contributed by atoms with E-state index in [-0.39, 0.29) is 0 Å². The van der Waals surface area contributed by atoms with Crippen LogP contribution in [0.3, 0.4) is 0 Å². The van der Waals surface area contributed by atoms with Gasteiger partial charge in [-0.05, 0) is 37.0 Å². The summed E-state index contributed by atoms with van der Waals surface area (Å²) in [6.45, 7) is 4.39. The number of hydrogen-bond donors (Lipinski definition) is 0. The molecule has 3 aliphatic rings. The normalized spacial score (nSPS) is 28.4. The summed E-state index contributed by atoms with van der Waals surface area (Å²) in [5.74, 6) is 0.552. The predicted molar refractivity (Wildman–Crippen MR) is 59.9 cm³/mol. The van der Waals surface area contributed by atoms with Crippen LogP contribution in [0.2, 0.25) is 0 Å². The molecule has 3 rings (SSSR count). The maximum atomic E-state index is 2.40. The van der Waals surface area contributed by atoms with Gasteiger partial charge in [-0.25, -0.2) is 0 Å². The molecule has 1 unspecified atom stereocenters. The van der Waals surface area contributed by atoms with Crippen LogP contribution < -0.4 is 0 Å². The van der Waals surface area contributed by atoms with E-state index in [0.29, 0.717) is 5.92 Å². The van der Waals surface area contributed by atoms with Gasteiger partial charge in [0.05, 0.1) is 0 Å². The SMILES string of the molecule is CC1=CC2C=C3C=C(C)CC3=CC2=C1. The third-order valence-electron chi connectivity index (χ3n) is 3.16. The first-order valence-corrected chi connectivity index (χ1v) is 5.22. The van der Waals surface area contributed by atoms with Crippen LogP contribution in [-0.2, 0) is 0 Å². The Hall–Kier alpha value is -1.30. The Morgan fingerprint density at radius 2 is 1.93 bits per heavy atom. The van der Waals surface area contributed by atoms with Crippen molar-refractivity contribution in [2.45, 2.75) is 20.3 Å². The van der Waals surface area contributed by atoms with E-state index in [2.05, 4.69) is 44.2 Å². The third-order valence-corrected chi connectivity index (χ3v) is 3.16. The fourth-order valence-corrected chi connectivity index (χ4v) is 2.56. The van der Waals surface area contributed by atoms with E-state index in [9.17, 15) is 0 Å². The first-order chi connectivity index (χ1) is 6.72. The van der Waals surface area contributed by atoms with E-state index in [0.717, 1.165) is 6.42 Å². The van der Waals surface area contributed by atoms with E-state index in [1.807, 2.05) is 0 Å². The molecule has 0 bridgehead atoms. The van der Waals surface area contributed by atoms with Gasteiger partial charge in [-0.3, -0.25) is 0 Å². The molecule has 0 aliphatic heterocycles. The molecule has 1 atom stereocenters. The summed E-state index contributed by atoms with van der Waals surface area (Å²) in [4.78, 5) is 0. The van der Waals surface area contributed by atoms with Gasteiger partial charge in [0.25, 0.3) is 0 Å². The van der Waals surface area contributed by atoms with Gasteiger partial charge in [-0.15, -0.1) is 0 Å². The van der Waals surface area contributed by atoms with Gasteiger partial charge in [0, 0.05) is 5.92 Å². The van der Waals surface area contributed by atoms with Gasteiger partial charge in [-0.1, -0.05) is 41.5 Å². The molecule has 0 nitrogen and oxygen atoms in total. The number of allylic oxidation sites excluding steroid dienone is 10. The third kappa shape index (κ3) is 1.07. The molecular formula is C14H14. The van der Waals surface area contributed by atoms with E-state index < -0.39 is 0 Å². The van der Waals surface area contributed by atoms with Crippen LogP contribution in [0.1, 0.15) is 20.3 Å². The molecule has 0 heteroatoms. The quantitative estimate of drug-likeness (QED) is 0.535. The summed E-state index contributed by atoms with van der Waals surface area (Å²) in [6.07, 6.45) is 12.9. The summed E-state index contributed by atoms with van der Waals surface area (Å²) < 4.78 is 0. The molecule has 0 heterocycles. The van der Waals surface area contributed by atoms with Crippen LogP contribution >= 0.6 is 0 Å². The number of fused-ring (bicyclic) bond motifs is 2. The zero-order valence-corrected chi connectivity index (χ0v) is 8.67. The lowest BCUT2D eigenvalue weighted by Crippen LogP contribution is -2.00. The number of hydrogen-bond acceptors (Lipinski definition) is 0. The molecule has 3 aliphatic carbocycles. The van der Waals surface area contributed by atoms with Gasteiger partial charge in [0.2, 0.25) is 0 Å². The van der Waals surface area contributed by atoms with Crippen molar-refractivity contribution in [2.75, 3.05) is 0 Å². The van der Waals surface area contributed by atoms with Crippen molar-refractivity contribution in [1.29, 1.82) is 0 Å². The minimum Gasteiger partial charge on any atom is -0.0703 e. The summed E-state index contributed by atoms with van der Waals surface area (Å²) >= 11 is 0. The molecule has 0 saturated carbocycles. The Morgan fingerprint density at radius 3 is 2.79 bits per heavy atom. The molecule has 0 aromatic carbocycles. The first-order valence-electron chi connectivity index (χ1n) is 5.22. The molecule has 0 spiro atoms. The smallest absolute Gasteiger partial charge is 0.0213 e. The highest BCUT2D eigenvalue weighted by molar-refractivity contribution is 5.60. The van der Waals surface area contributed by atoms with Gasteiger partial charge in [-0.2, -0.15) is 0 Å². The Labute approximate surface area is 85.0 Å². The van der Waals surface area contributed by atoms with Crippen molar-refractivity contribution in [3.8, 4) is 0 Å². The molecule has 0 aromatic heterocycles. The Kier molecular flexibility index (Phi) is 1.49.